The van der Waals surface area contributed by atoms with Crippen LogP contribution in [0.5, 0.6) is 0 Å². The first-order valence-corrected chi connectivity index (χ1v) is 11.7. The molecule has 162 valence electrons. The number of rotatable bonds is 11. The molecule has 7 nitrogen and oxygen atoms in total. The molecule has 0 aliphatic carbocycles. The topological polar surface area (TPSA) is 72.8 Å². The summed E-state index contributed by atoms with van der Waals surface area (Å²) < 4.78 is 26.6. The third-order valence-corrected chi connectivity index (χ3v) is 6.81. The first kappa shape index (κ1) is 23.6. The van der Waals surface area contributed by atoms with E-state index in [-0.39, 0.29) is 19.1 Å². The van der Waals surface area contributed by atoms with E-state index in [2.05, 4.69) is 9.99 Å². The van der Waals surface area contributed by atoms with Crippen LogP contribution in [0.1, 0.15) is 33.3 Å². The molecule has 0 amide bonds. The van der Waals surface area contributed by atoms with Gasteiger partial charge in [0.2, 0.25) is 0 Å². The molecule has 0 saturated carbocycles. The molecule has 1 heterocycles. The fourth-order valence-corrected chi connectivity index (χ4v) is 5.39. The number of hydrogen-bond donors (Lipinski definition) is 1. The quantitative estimate of drug-likeness (QED) is 0.436. The lowest BCUT2D eigenvalue weighted by Crippen LogP contribution is -2.41. The van der Waals surface area contributed by atoms with Crippen LogP contribution in [-0.2, 0) is 25.0 Å². The number of nitrogens with zero attached hydrogens (tertiary/aromatic N) is 2. The molecule has 2 rings (SSSR count). The Morgan fingerprint density at radius 1 is 1.21 bits per heavy atom. The Morgan fingerprint density at radius 2 is 1.90 bits per heavy atom. The zero-order valence-corrected chi connectivity index (χ0v) is 19.2. The monoisotopic (exact) mass is 423 g/mol. The minimum Gasteiger partial charge on any atom is -0.465 e. The van der Waals surface area contributed by atoms with Gasteiger partial charge in [-0.3, -0.25) is 9.13 Å². The van der Waals surface area contributed by atoms with Crippen LogP contribution in [0.25, 0.3) is 10.9 Å². The van der Waals surface area contributed by atoms with E-state index >= 15 is 0 Å². The van der Waals surface area contributed by atoms with Crippen LogP contribution >= 0.6 is 7.67 Å². The van der Waals surface area contributed by atoms with Gasteiger partial charge in [0.25, 0.3) is 0 Å². The molecule has 2 aromatic rings. The molecule has 0 fully saturated rings. The number of fused-ring (bicyclic) bond motifs is 1. The molecule has 0 spiro atoms. The molecule has 0 saturated heterocycles. The van der Waals surface area contributed by atoms with E-state index in [0.29, 0.717) is 0 Å². The van der Waals surface area contributed by atoms with E-state index in [1.54, 1.807) is 18.2 Å². The van der Waals surface area contributed by atoms with Gasteiger partial charge >= 0.3 is 13.6 Å². The van der Waals surface area contributed by atoms with Crippen molar-refractivity contribution in [3.63, 3.8) is 0 Å². The van der Waals surface area contributed by atoms with E-state index in [0.717, 1.165) is 29.4 Å². The maximum atomic E-state index is 14.0. The molecule has 0 bridgehead atoms. The molecule has 0 aliphatic rings. The number of ether oxygens (including phenoxy) is 1. The molecule has 1 N–H and O–H groups in total. The van der Waals surface area contributed by atoms with E-state index < -0.39 is 19.7 Å². The number of hydrogen-bond acceptors (Lipinski definition) is 5. The number of esters is 1. The van der Waals surface area contributed by atoms with Gasteiger partial charge < -0.3 is 14.2 Å². The van der Waals surface area contributed by atoms with Crippen LogP contribution in [-0.4, -0.2) is 55.1 Å². The van der Waals surface area contributed by atoms with Gasteiger partial charge in [-0.25, -0.2) is 9.65 Å². The largest absolute Gasteiger partial charge is 0.465 e. The van der Waals surface area contributed by atoms with E-state index in [4.69, 9.17) is 9.26 Å². The van der Waals surface area contributed by atoms with Crippen LogP contribution in [0.2, 0.25) is 0 Å². The SMILES string of the molecule is CCOC(=O)C(NP(=O)(OCC)n1cc(CCN(C)C)c2ccccc21)C(C)C. The Kier molecular flexibility index (Phi) is 8.46. The van der Waals surface area contributed by atoms with Crippen LogP contribution in [0, 0.1) is 5.92 Å². The molecule has 0 aliphatic heterocycles. The minimum atomic E-state index is -3.58. The van der Waals surface area contributed by atoms with Crippen molar-refractivity contribution in [2.45, 2.75) is 40.2 Å². The number of nitrogens with one attached hydrogen (secondary N) is 1. The summed E-state index contributed by atoms with van der Waals surface area (Å²) in [5.74, 6) is -0.537. The Balaban J connectivity index is 2.51. The summed E-state index contributed by atoms with van der Waals surface area (Å²) in [5, 5.41) is 4.05. The highest BCUT2D eigenvalue weighted by Gasteiger charge is 2.36. The zero-order chi connectivity index (χ0) is 21.6. The highest BCUT2D eigenvalue weighted by Crippen LogP contribution is 2.48. The molecular weight excluding hydrogens is 389 g/mol. The van der Waals surface area contributed by atoms with E-state index in [9.17, 15) is 9.36 Å². The highest BCUT2D eigenvalue weighted by molar-refractivity contribution is 7.55. The van der Waals surface area contributed by atoms with Crippen molar-refractivity contribution in [3.8, 4) is 0 Å². The zero-order valence-electron chi connectivity index (χ0n) is 18.3. The summed E-state index contributed by atoms with van der Waals surface area (Å²) in [6.45, 7) is 8.72. The number of carbonyl (C=O) groups excluding carboxylic acids is 1. The first-order chi connectivity index (χ1) is 13.7. The number of likely N-dealkylation sites (N-methyl/N-ethyl adjacent to an activating group) is 1. The average molecular weight is 423 g/mol. The fourth-order valence-electron chi connectivity index (χ4n) is 3.21. The van der Waals surface area contributed by atoms with Crippen LogP contribution in [0.15, 0.2) is 30.5 Å². The van der Waals surface area contributed by atoms with Gasteiger partial charge in [-0.2, -0.15) is 0 Å². The van der Waals surface area contributed by atoms with Gasteiger partial charge in [-0.05, 0) is 51.9 Å². The Bertz CT molecular complexity index is 863. The molecule has 8 heteroatoms. The van der Waals surface area contributed by atoms with Crippen molar-refractivity contribution < 1.29 is 18.6 Å². The third-order valence-electron chi connectivity index (χ3n) is 4.70. The van der Waals surface area contributed by atoms with Crippen molar-refractivity contribution in [2.75, 3.05) is 33.9 Å². The van der Waals surface area contributed by atoms with E-state index in [1.165, 1.54) is 0 Å². The van der Waals surface area contributed by atoms with Crippen molar-refractivity contribution in [1.82, 2.24) is 14.3 Å². The lowest BCUT2D eigenvalue weighted by molar-refractivity contribution is -0.146. The van der Waals surface area contributed by atoms with E-state index in [1.807, 2.05) is 58.4 Å². The second-order valence-electron chi connectivity index (χ2n) is 7.61. The summed E-state index contributed by atoms with van der Waals surface area (Å²) in [7, 11) is 0.473. The number of para-hydroxylation sites is 1. The van der Waals surface area contributed by atoms with Crippen LogP contribution in [0.4, 0.5) is 0 Å². The van der Waals surface area contributed by atoms with Gasteiger partial charge in [-0.15, -0.1) is 0 Å². The Hall–Kier alpha value is -1.66. The number of benzene rings is 1. The fraction of sp³-hybridized carbons (Fsp3) is 0.571. The Morgan fingerprint density at radius 3 is 2.48 bits per heavy atom. The summed E-state index contributed by atoms with van der Waals surface area (Å²) in [6, 6.07) is 7.10. The number of carbonyl (C=O) groups is 1. The minimum absolute atomic E-state index is 0.113. The standard InChI is InChI=1S/C21H34N3O4P/c1-7-27-21(25)20(16(3)4)22-29(26,28-8-2)24-15-17(13-14-23(5)6)18-11-9-10-12-19(18)24/h9-12,15-16,20H,7-8,13-14H2,1-6H3,(H,22,26). The average Bonchev–Trinajstić information content (AvgIpc) is 3.04. The first-order valence-electron chi connectivity index (χ1n) is 10.2. The van der Waals surface area contributed by atoms with Gasteiger partial charge in [-0.1, -0.05) is 32.0 Å². The summed E-state index contributed by atoms with van der Waals surface area (Å²) >= 11 is 0. The predicted octanol–water partition coefficient (Wildman–Crippen LogP) is 3.92. The third kappa shape index (κ3) is 5.70. The second kappa shape index (κ2) is 10.4. The molecule has 0 radical (unpaired) electrons. The smallest absolute Gasteiger partial charge is 0.373 e. The van der Waals surface area contributed by atoms with Gasteiger partial charge in [0.1, 0.15) is 6.04 Å². The molecule has 1 aromatic carbocycles. The van der Waals surface area contributed by atoms with Crippen molar-refractivity contribution in [3.05, 3.63) is 36.0 Å². The second-order valence-corrected chi connectivity index (χ2v) is 9.60. The predicted molar refractivity (Wildman–Crippen MR) is 117 cm³/mol. The highest BCUT2D eigenvalue weighted by atomic mass is 31.2. The lowest BCUT2D eigenvalue weighted by Gasteiger charge is -2.27. The van der Waals surface area contributed by atoms with Crippen molar-refractivity contribution >= 4 is 24.5 Å². The van der Waals surface area contributed by atoms with Gasteiger partial charge in [0, 0.05) is 18.1 Å². The molecule has 2 unspecified atom stereocenters. The molecule has 2 atom stereocenters. The van der Waals surface area contributed by atoms with Crippen LogP contribution < -0.4 is 5.09 Å². The van der Waals surface area contributed by atoms with Gasteiger partial charge in [0.15, 0.2) is 0 Å². The summed E-state index contributed by atoms with van der Waals surface area (Å²) in [5.41, 5.74) is 1.91. The molecule has 29 heavy (non-hydrogen) atoms. The van der Waals surface area contributed by atoms with Gasteiger partial charge in [0.05, 0.1) is 18.7 Å². The summed E-state index contributed by atoms with van der Waals surface area (Å²) in [4.78, 5) is 14.6. The molecular formula is C21H34N3O4P. The number of aromatic nitrogens is 1. The lowest BCUT2D eigenvalue weighted by atomic mass is 10.1. The van der Waals surface area contributed by atoms with Crippen LogP contribution in [0.3, 0.4) is 0 Å². The van der Waals surface area contributed by atoms with Crippen molar-refractivity contribution in [1.29, 1.82) is 0 Å². The summed E-state index contributed by atoms with van der Waals surface area (Å²) in [6.07, 6.45) is 2.71. The maximum absolute atomic E-state index is 14.0. The molecule has 1 aromatic heterocycles. The van der Waals surface area contributed by atoms with Crippen molar-refractivity contribution in [2.24, 2.45) is 5.92 Å². The maximum Gasteiger partial charge on any atom is 0.373 e. The normalized spacial score (nSPS) is 15.0. The Labute approximate surface area is 173 Å².